The smallest absolute Gasteiger partial charge is 0.328 e. The Morgan fingerprint density at radius 1 is 1.14 bits per heavy atom. The predicted octanol–water partition coefficient (Wildman–Crippen LogP) is 2.36. The molecule has 1 N–H and O–H groups in total. The molecule has 8 nitrogen and oxygen atoms in total. The average molecular weight is 486 g/mol. The summed E-state index contributed by atoms with van der Waals surface area (Å²) in [6, 6.07) is 8.12. The highest BCUT2D eigenvalue weighted by Gasteiger charge is 2.53. The number of fused-ring (bicyclic) bond motifs is 3. The SMILES string of the molecule is COC(=O)[C@@H]1CC2(CN1C(=O)CNC(=O)c1cc(C)c3c(c1)-c1ccccc1C3(F)F)OCCO2. The minimum atomic E-state index is -3.15. The molecule has 0 aromatic heterocycles. The van der Waals surface area contributed by atoms with Crippen LogP contribution in [0.3, 0.4) is 0 Å². The molecule has 1 atom stereocenters. The molecule has 1 spiro atoms. The van der Waals surface area contributed by atoms with Gasteiger partial charge in [0.25, 0.3) is 11.8 Å². The van der Waals surface area contributed by atoms with Crippen molar-refractivity contribution in [2.75, 3.05) is 33.4 Å². The molecule has 2 heterocycles. The van der Waals surface area contributed by atoms with Gasteiger partial charge < -0.3 is 24.4 Å². The van der Waals surface area contributed by atoms with Crippen molar-refractivity contribution < 1.29 is 37.4 Å². The largest absolute Gasteiger partial charge is 0.467 e. The van der Waals surface area contributed by atoms with E-state index in [9.17, 15) is 23.2 Å². The highest BCUT2D eigenvalue weighted by molar-refractivity contribution is 5.99. The van der Waals surface area contributed by atoms with E-state index in [4.69, 9.17) is 14.2 Å². The summed E-state index contributed by atoms with van der Waals surface area (Å²) in [5, 5.41) is 2.54. The van der Waals surface area contributed by atoms with E-state index in [2.05, 4.69) is 5.32 Å². The number of ether oxygens (including phenoxy) is 3. The van der Waals surface area contributed by atoms with Gasteiger partial charge >= 0.3 is 5.97 Å². The number of rotatable bonds is 4. The summed E-state index contributed by atoms with van der Waals surface area (Å²) in [4.78, 5) is 39.4. The average Bonchev–Trinajstić information content (AvgIpc) is 3.53. The summed E-state index contributed by atoms with van der Waals surface area (Å²) in [5.41, 5.74) is 0.894. The van der Waals surface area contributed by atoms with Crippen LogP contribution in [0.25, 0.3) is 11.1 Å². The topological polar surface area (TPSA) is 94.2 Å². The summed E-state index contributed by atoms with van der Waals surface area (Å²) in [6.45, 7) is 1.88. The number of amides is 2. The van der Waals surface area contributed by atoms with Crippen LogP contribution in [0, 0.1) is 6.92 Å². The van der Waals surface area contributed by atoms with Crippen LogP contribution in [0.15, 0.2) is 36.4 Å². The zero-order chi connectivity index (χ0) is 25.0. The molecule has 0 saturated carbocycles. The molecule has 35 heavy (non-hydrogen) atoms. The van der Waals surface area contributed by atoms with Crippen molar-refractivity contribution in [3.63, 3.8) is 0 Å². The van der Waals surface area contributed by atoms with Crippen molar-refractivity contribution in [2.24, 2.45) is 0 Å². The summed E-state index contributed by atoms with van der Waals surface area (Å²) in [6.07, 6.45) is 0.136. The van der Waals surface area contributed by atoms with E-state index < -0.39 is 42.1 Å². The monoisotopic (exact) mass is 486 g/mol. The number of hydrogen-bond acceptors (Lipinski definition) is 6. The number of benzene rings is 2. The number of carbonyl (C=O) groups excluding carboxylic acids is 3. The van der Waals surface area contributed by atoms with Crippen LogP contribution >= 0.6 is 0 Å². The van der Waals surface area contributed by atoms with Crippen molar-refractivity contribution in [3.8, 4) is 11.1 Å². The van der Waals surface area contributed by atoms with E-state index in [1.807, 2.05) is 0 Å². The van der Waals surface area contributed by atoms with Gasteiger partial charge in [-0.3, -0.25) is 9.59 Å². The van der Waals surface area contributed by atoms with Gasteiger partial charge in [0.05, 0.1) is 33.4 Å². The molecule has 2 amide bonds. The van der Waals surface area contributed by atoms with Crippen molar-refractivity contribution >= 4 is 17.8 Å². The van der Waals surface area contributed by atoms with Gasteiger partial charge in [-0.25, -0.2) is 4.79 Å². The maximum Gasteiger partial charge on any atom is 0.328 e. The molecule has 0 bridgehead atoms. The first-order valence-electron chi connectivity index (χ1n) is 11.2. The van der Waals surface area contributed by atoms with Crippen LogP contribution in [0.4, 0.5) is 8.78 Å². The zero-order valence-electron chi connectivity index (χ0n) is 19.2. The number of esters is 1. The second-order valence-electron chi connectivity index (χ2n) is 8.89. The lowest BCUT2D eigenvalue weighted by Gasteiger charge is -2.23. The molecule has 10 heteroatoms. The zero-order valence-corrected chi connectivity index (χ0v) is 19.2. The first-order chi connectivity index (χ1) is 16.7. The summed E-state index contributed by atoms with van der Waals surface area (Å²) < 4.78 is 46.1. The summed E-state index contributed by atoms with van der Waals surface area (Å²) in [5.74, 6) is -5.92. The van der Waals surface area contributed by atoms with Crippen molar-refractivity contribution in [2.45, 2.75) is 31.1 Å². The Bertz CT molecular complexity index is 1220. The molecule has 0 radical (unpaired) electrons. The molecule has 0 unspecified atom stereocenters. The van der Waals surface area contributed by atoms with E-state index in [1.165, 1.54) is 37.1 Å². The number of halogens is 2. The maximum absolute atomic E-state index is 15.0. The molecule has 2 aliphatic heterocycles. The Labute approximate surface area is 200 Å². The lowest BCUT2D eigenvalue weighted by Crippen LogP contribution is -2.46. The van der Waals surface area contributed by atoms with Crippen molar-refractivity contribution in [3.05, 3.63) is 58.7 Å². The van der Waals surface area contributed by atoms with E-state index >= 15 is 0 Å². The normalized spacial score (nSPS) is 21.0. The minimum Gasteiger partial charge on any atom is -0.467 e. The maximum atomic E-state index is 15.0. The highest BCUT2D eigenvalue weighted by atomic mass is 19.3. The van der Waals surface area contributed by atoms with Gasteiger partial charge in [-0.1, -0.05) is 24.3 Å². The molecule has 2 fully saturated rings. The number of nitrogens with one attached hydrogen (secondary N) is 1. The molecule has 5 rings (SSSR count). The fourth-order valence-corrected chi connectivity index (χ4v) is 5.19. The number of methoxy groups -OCH3 is 1. The highest BCUT2D eigenvalue weighted by Crippen LogP contribution is 2.52. The van der Waals surface area contributed by atoms with E-state index in [-0.39, 0.29) is 35.2 Å². The Morgan fingerprint density at radius 3 is 2.57 bits per heavy atom. The molecular weight excluding hydrogens is 462 g/mol. The van der Waals surface area contributed by atoms with Gasteiger partial charge in [0.15, 0.2) is 5.79 Å². The second kappa shape index (κ2) is 8.39. The van der Waals surface area contributed by atoms with Crippen LogP contribution in [0.2, 0.25) is 0 Å². The molecule has 3 aliphatic rings. The Hall–Kier alpha value is -3.37. The van der Waals surface area contributed by atoms with Gasteiger partial charge in [0, 0.05) is 23.1 Å². The van der Waals surface area contributed by atoms with Gasteiger partial charge in [0.1, 0.15) is 6.04 Å². The molecule has 2 aromatic carbocycles. The van der Waals surface area contributed by atoms with Gasteiger partial charge in [-0.2, -0.15) is 8.78 Å². The van der Waals surface area contributed by atoms with Crippen LogP contribution < -0.4 is 5.32 Å². The lowest BCUT2D eigenvalue weighted by atomic mass is 9.97. The lowest BCUT2D eigenvalue weighted by molar-refractivity contribution is -0.152. The third-order valence-corrected chi connectivity index (χ3v) is 6.77. The van der Waals surface area contributed by atoms with Crippen LogP contribution in [-0.2, 0) is 29.7 Å². The van der Waals surface area contributed by atoms with Crippen LogP contribution in [0.1, 0.15) is 33.5 Å². The van der Waals surface area contributed by atoms with E-state index in [1.54, 1.807) is 18.2 Å². The Balaban J connectivity index is 1.34. The van der Waals surface area contributed by atoms with Crippen LogP contribution in [0.5, 0.6) is 0 Å². The fraction of sp³-hybridized carbons (Fsp3) is 0.400. The van der Waals surface area contributed by atoms with Crippen molar-refractivity contribution in [1.29, 1.82) is 0 Å². The predicted molar refractivity (Wildman–Crippen MR) is 119 cm³/mol. The number of likely N-dealkylation sites (tertiary alicyclic amines) is 1. The van der Waals surface area contributed by atoms with Gasteiger partial charge in [-0.05, 0) is 35.7 Å². The fourth-order valence-electron chi connectivity index (χ4n) is 5.19. The molecule has 184 valence electrons. The summed E-state index contributed by atoms with van der Waals surface area (Å²) in [7, 11) is 1.23. The second-order valence-corrected chi connectivity index (χ2v) is 8.89. The number of hydrogen-bond donors (Lipinski definition) is 1. The molecule has 1 aliphatic carbocycles. The third-order valence-electron chi connectivity index (χ3n) is 6.77. The number of nitrogens with zero attached hydrogens (tertiary/aromatic N) is 1. The Morgan fingerprint density at radius 2 is 1.86 bits per heavy atom. The quantitative estimate of drug-likeness (QED) is 0.667. The number of carbonyl (C=O) groups is 3. The van der Waals surface area contributed by atoms with Gasteiger partial charge in [-0.15, -0.1) is 0 Å². The minimum absolute atomic E-state index is 0.0330. The molecule has 2 aromatic rings. The third kappa shape index (κ3) is 3.77. The first-order valence-corrected chi connectivity index (χ1v) is 11.2. The standard InChI is InChI=1S/C25H24F2N2O6/c1-14-9-15(10-17-16-5-3-4-6-18(16)25(26,27)21(14)17)22(31)28-12-20(30)29-13-24(34-7-8-35-24)11-19(29)23(32)33-2/h3-6,9-10,19H,7-8,11-13H2,1-2H3,(H,28,31)/t19-/m0/s1. The van der Waals surface area contributed by atoms with E-state index in [0.29, 0.717) is 24.3 Å². The first kappa shape index (κ1) is 23.4. The number of aryl methyl sites for hydroxylation is 1. The van der Waals surface area contributed by atoms with Gasteiger partial charge in [0.2, 0.25) is 5.91 Å². The Kier molecular flexibility index (Phi) is 5.60. The molecule has 2 saturated heterocycles. The van der Waals surface area contributed by atoms with E-state index in [0.717, 1.165) is 0 Å². The molecular formula is C25H24F2N2O6. The number of alkyl halides is 2. The summed E-state index contributed by atoms with van der Waals surface area (Å²) >= 11 is 0. The van der Waals surface area contributed by atoms with Crippen molar-refractivity contribution in [1.82, 2.24) is 10.2 Å². The van der Waals surface area contributed by atoms with Crippen LogP contribution in [-0.4, -0.2) is 67.9 Å².